The van der Waals surface area contributed by atoms with Gasteiger partial charge < -0.3 is 14.7 Å². The van der Waals surface area contributed by atoms with Gasteiger partial charge in [0.1, 0.15) is 17.6 Å². The third-order valence-electron chi connectivity index (χ3n) is 5.56. The molecule has 1 aliphatic rings. The van der Waals surface area contributed by atoms with Gasteiger partial charge in [0.05, 0.1) is 0 Å². The molecule has 0 aliphatic carbocycles. The number of amides is 1. The van der Waals surface area contributed by atoms with E-state index in [1.54, 1.807) is 25.1 Å². The number of nitrogens with one attached hydrogen (secondary N) is 2. The van der Waals surface area contributed by atoms with Crippen molar-refractivity contribution in [1.82, 2.24) is 10.0 Å². The first-order valence-electron chi connectivity index (χ1n) is 10.3. The van der Waals surface area contributed by atoms with Crippen molar-refractivity contribution in [3.8, 4) is 0 Å². The predicted octanol–water partition coefficient (Wildman–Crippen LogP) is 2.01. The van der Waals surface area contributed by atoms with Gasteiger partial charge in [0.15, 0.2) is 5.84 Å². The minimum Gasteiger partial charge on any atom is -0.359 e. The molecule has 33 heavy (non-hydrogen) atoms. The Balaban J connectivity index is 1.70. The van der Waals surface area contributed by atoms with Crippen molar-refractivity contribution >= 4 is 29.9 Å². The molecule has 2 N–H and O–H groups in total. The molecule has 1 amide bonds. The van der Waals surface area contributed by atoms with Crippen LogP contribution in [0.4, 0.5) is 10.1 Å². The number of rotatable bonds is 4. The third-order valence-corrected chi connectivity index (χ3v) is 5.56. The molecule has 4 rings (SSSR count). The van der Waals surface area contributed by atoms with Gasteiger partial charge in [-0.15, -0.1) is 0 Å². The maximum absolute atomic E-state index is 13.3. The van der Waals surface area contributed by atoms with E-state index in [-0.39, 0.29) is 29.4 Å². The van der Waals surface area contributed by atoms with Gasteiger partial charge in [-0.25, -0.2) is 9.87 Å². The smallest absolute Gasteiger partial charge is 0.264 e. The van der Waals surface area contributed by atoms with Crippen LogP contribution < -0.4 is 26.8 Å². The number of hydrogen-bond donors (Lipinski definition) is 2. The van der Waals surface area contributed by atoms with E-state index in [2.05, 4.69) is 22.4 Å². The second-order valence-electron chi connectivity index (χ2n) is 7.85. The summed E-state index contributed by atoms with van der Waals surface area (Å²) in [7, 11) is 0. The Bertz CT molecular complexity index is 1460. The zero-order valence-corrected chi connectivity index (χ0v) is 18.5. The normalized spacial score (nSPS) is 14.4. The molecular weight excluding hydrogens is 423 g/mol. The SMILES string of the molecule is C=c1cc(C)n(CC(=O)Nc2cccc(C)c2C)c(=O)c1=C1N=C(c2ccc(F)cc2)NO1. The molecule has 8 heteroatoms. The Morgan fingerprint density at radius 3 is 2.64 bits per heavy atom. The fraction of sp³-hybridized carbons (Fsp3) is 0.160. The van der Waals surface area contributed by atoms with E-state index >= 15 is 0 Å². The van der Waals surface area contributed by atoms with Gasteiger partial charge in [-0.1, -0.05) is 18.7 Å². The maximum atomic E-state index is 13.3. The van der Waals surface area contributed by atoms with Crippen LogP contribution in [0.1, 0.15) is 22.4 Å². The number of nitrogens with zero attached hydrogens (tertiary/aromatic N) is 2. The molecule has 168 valence electrons. The highest BCUT2D eigenvalue weighted by atomic mass is 19.1. The van der Waals surface area contributed by atoms with Crippen molar-refractivity contribution < 1.29 is 14.0 Å². The number of anilines is 1. The summed E-state index contributed by atoms with van der Waals surface area (Å²) < 4.78 is 14.6. The summed E-state index contributed by atoms with van der Waals surface area (Å²) in [5.41, 5.74) is 6.10. The lowest BCUT2D eigenvalue weighted by atomic mass is 10.1. The Morgan fingerprint density at radius 1 is 1.18 bits per heavy atom. The number of halogens is 1. The van der Waals surface area contributed by atoms with E-state index < -0.39 is 5.56 Å². The summed E-state index contributed by atoms with van der Waals surface area (Å²) in [5.74, 6) is -0.331. The fourth-order valence-corrected chi connectivity index (χ4v) is 3.56. The summed E-state index contributed by atoms with van der Waals surface area (Å²) in [5, 5.41) is 3.43. The second-order valence-corrected chi connectivity index (χ2v) is 7.85. The van der Waals surface area contributed by atoms with Crippen molar-refractivity contribution in [1.29, 1.82) is 0 Å². The van der Waals surface area contributed by atoms with Crippen molar-refractivity contribution in [2.75, 3.05) is 5.32 Å². The molecule has 1 aromatic heterocycles. The molecule has 0 radical (unpaired) electrons. The first-order chi connectivity index (χ1) is 15.7. The van der Waals surface area contributed by atoms with Gasteiger partial charge in [-0.05, 0) is 73.5 Å². The minimum absolute atomic E-state index is 0.0352. The summed E-state index contributed by atoms with van der Waals surface area (Å²) in [4.78, 5) is 35.8. The highest BCUT2D eigenvalue weighted by molar-refractivity contribution is 6.01. The van der Waals surface area contributed by atoms with Gasteiger partial charge in [-0.3, -0.25) is 9.59 Å². The van der Waals surface area contributed by atoms with Crippen LogP contribution in [-0.4, -0.2) is 16.3 Å². The number of hydrogen-bond acceptors (Lipinski definition) is 5. The molecule has 0 atom stereocenters. The van der Waals surface area contributed by atoms with Crippen LogP contribution >= 0.6 is 0 Å². The van der Waals surface area contributed by atoms with Gasteiger partial charge in [0.2, 0.25) is 5.91 Å². The molecular formula is C25H23FN4O3. The number of aromatic nitrogens is 1. The van der Waals surface area contributed by atoms with Crippen molar-refractivity contribution in [2.45, 2.75) is 27.3 Å². The summed E-state index contributed by atoms with van der Waals surface area (Å²) in [6.07, 6.45) is 0. The van der Waals surface area contributed by atoms with Gasteiger partial charge in [0.25, 0.3) is 11.4 Å². The highest BCUT2D eigenvalue weighted by Crippen LogP contribution is 2.18. The highest BCUT2D eigenvalue weighted by Gasteiger charge is 2.18. The molecule has 2 heterocycles. The lowest BCUT2D eigenvalue weighted by Crippen LogP contribution is -2.47. The van der Waals surface area contributed by atoms with Crippen LogP contribution in [0.2, 0.25) is 0 Å². The van der Waals surface area contributed by atoms with Gasteiger partial charge in [-0.2, -0.15) is 4.99 Å². The van der Waals surface area contributed by atoms with E-state index in [4.69, 9.17) is 4.84 Å². The molecule has 7 nitrogen and oxygen atoms in total. The molecule has 1 aliphatic heterocycles. The number of amidine groups is 1. The van der Waals surface area contributed by atoms with Crippen LogP contribution in [0.3, 0.4) is 0 Å². The molecule has 0 fully saturated rings. The molecule has 3 aromatic rings. The number of carbonyl (C=O) groups excluding carboxylic acids is 1. The first kappa shape index (κ1) is 22.0. The minimum atomic E-state index is -0.447. The first-order valence-corrected chi connectivity index (χ1v) is 10.3. The monoisotopic (exact) mass is 446 g/mol. The molecule has 0 spiro atoms. The second kappa shape index (κ2) is 8.74. The van der Waals surface area contributed by atoms with Crippen molar-refractivity contribution in [3.63, 3.8) is 0 Å². The zero-order valence-electron chi connectivity index (χ0n) is 18.5. The Hall–Kier alpha value is -4.20. The van der Waals surface area contributed by atoms with E-state index in [1.165, 1.54) is 16.7 Å². The number of benzene rings is 2. The molecule has 0 saturated carbocycles. The van der Waals surface area contributed by atoms with Crippen molar-refractivity contribution in [3.05, 3.63) is 97.5 Å². The maximum Gasteiger partial charge on any atom is 0.264 e. The molecule has 0 saturated heterocycles. The predicted molar refractivity (Wildman–Crippen MR) is 125 cm³/mol. The Kier molecular flexibility index (Phi) is 5.83. The summed E-state index contributed by atoms with van der Waals surface area (Å²) in [6.45, 7) is 9.39. The number of aliphatic imine (C=N–C) groups is 1. The third kappa shape index (κ3) is 4.41. The largest absolute Gasteiger partial charge is 0.359 e. The number of hydroxylamine groups is 1. The standard InChI is InChI=1S/C25H23FN4O3/c1-14-6-5-7-20(17(14)4)27-21(31)13-30-16(3)12-15(2)22(25(30)32)24-28-23(29-33-24)18-8-10-19(26)11-9-18/h5-12H,2,13H2,1,3-4H3,(H,27,31)(H,28,29). The van der Waals surface area contributed by atoms with Crippen LogP contribution in [0.5, 0.6) is 0 Å². The van der Waals surface area contributed by atoms with E-state index in [9.17, 15) is 14.0 Å². The van der Waals surface area contributed by atoms with E-state index in [0.717, 1.165) is 11.1 Å². The average Bonchev–Trinajstić information content (AvgIpc) is 3.24. The van der Waals surface area contributed by atoms with Gasteiger partial charge in [0, 0.05) is 16.9 Å². The van der Waals surface area contributed by atoms with E-state index in [0.29, 0.717) is 28.0 Å². The van der Waals surface area contributed by atoms with Crippen LogP contribution in [0, 0.1) is 26.6 Å². The zero-order chi connectivity index (χ0) is 23.7. The van der Waals surface area contributed by atoms with Crippen LogP contribution in [0.25, 0.3) is 12.5 Å². The lowest BCUT2D eigenvalue weighted by molar-refractivity contribution is -0.116. The fourth-order valence-electron chi connectivity index (χ4n) is 3.56. The summed E-state index contributed by atoms with van der Waals surface area (Å²) >= 11 is 0. The summed E-state index contributed by atoms with van der Waals surface area (Å²) in [6, 6.07) is 13.0. The number of carbonyl (C=O) groups is 1. The Morgan fingerprint density at radius 2 is 1.91 bits per heavy atom. The van der Waals surface area contributed by atoms with Crippen LogP contribution in [0.15, 0.2) is 58.3 Å². The van der Waals surface area contributed by atoms with Crippen molar-refractivity contribution in [2.24, 2.45) is 4.99 Å². The Labute approximate surface area is 189 Å². The molecule has 0 unspecified atom stereocenters. The average molecular weight is 446 g/mol. The van der Waals surface area contributed by atoms with E-state index in [1.807, 2.05) is 32.0 Å². The number of aryl methyl sites for hydroxylation is 2. The molecule has 2 aromatic carbocycles. The lowest BCUT2D eigenvalue weighted by Gasteiger charge is -2.13. The van der Waals surface area contributed by atoms with Gasteiger partial charge >= 0.3 is 0 Å². The molecule has 0 bridgehead atoms. The van der Waals surface area contributed by atoms with Crippen LogP contribution in [-0.2, 0) is 16.2 Å². The quantitative estimate of drug-likeness (QED) is 0.642. The number of pyridine rings is 1. The topological polar surface area (TPSA) is 84.7 Å².